The molecule has 2 aromatic rings. The topological polar surface area (TPSA) is 106 Å². The van der Waals surface area contributed by atoms with Gasteiger partial charge >= 0.3 is 27.0 Å². The molecular weight excluding hydrogens is 535 g/mol. The van der Waals surface area contributed by atoms with Gasteiger partial charge in [0.15, 0.2) is 5.78 Å². The molecule has 5 N–H and O–H groups in total. The predicted octanol–water partition coefficient (Wildman–Crippen LogP) is 3.32. The van der Waals surface area contributed by atoms with Crippen molar-refractivity contribution >= 4 is 11.8 Å². The van der Waals surface area contributed by atoms with Crippen LogP contribution in [0.2, 0.25) is 0 Å². The third-order valence-corrected chi connectivity index (χ3v) is 4.93. The van der Waals surface area contributed by atoms with Gasteiger partial charge in [-0.3, -0.25) is 9.59 Å². The van der Waals surface area contributed by atoms with Crippen molar-refractivity contribution in [1.29, 1.82) is 0 Å². The molecule has 0 radical (unpaired) electrons. The van der Waals surface area contributed by atoms with Crippen LogP contribution >= 0.6 is 0 Å². The van der Waals surface area contributed by atoms with Crippen LogP contribution in [-0.2, 0) is 25.9 Å². The molecule has 1 aliphatic rings. The van der Waals surface area contributed by atoms with Gasteiger partial charge in [0.2, 0.25) is 0 Å². The fraction of sp³-hybridized carbons (Fsp3) is 0.364. The minimum Gasteiger partial charge on any atom is -0.481 e. The molecule has 1 aliphatic carbocycles. The Morgan fingerprint density at radius 2 is 1.46 bits per heavy atom. The smallest absolute Gasteiger partial charge is 0.481 e. The van der Waals surface area contributed by atoms with Gasteiger partial charge in [-0.05, 0) is 31.4 Å². The summed E-state index contributed by atoms with van der Waals surface area (Å²) in [6.07, 6.45) is 4.80. The van der Waals surface area contributed by atoms with Crippen molar-refractivity contribution in [2.45, 2.75) is 50.6 Å². The van der Waals surface area contributed by atoms with Crippen LogP contribution in [0.25, 0.3) is 0 Å². The summed E-state index contributed by atoms with van der Waals surface area (Å²) in [6, 6.07) is 16.3. The summed E-state index contributed by atoms with van der Waals surface area (Å²) < 4.78 is 0. The van der Waals surface area contributed by atoms with E-state index < -0.39 is 11.9 Å². The molecule has 0 bridgehead atoms. The van der Waals surface area contributed by atoms with E-state index in [-0.39, 0.29) is 38.9 Å². The van der Waals surface area contributed by atoms with Crippen molar-refractivity contribution in [2.24, 2.45) is 11.5 Å². The summed E-state index contributed by atoms with van der Waals surface area (Å²) in [6.45, 7) is 1.61. The van der Waals surface area contributed by atoms with Crippen LogP contribution in [-0.4, -0.2) is 28.9 Å². The van der Waals surface area contributed by atoms with Crippen LogP contribution in [0.5, 0.6) is 0 Å². The number of carbonyl (C=O) groups excluding carboxylic acids is 1. The number of ketones is 1. The Bertz CT molecular complexity index is 757. The van der Waals surface area contributed by atoms with Crippen LogP contribution in [0.3, 0.4) is 0 Å². The molecule has 1 saturated carbocycles. The average Bonchev–Trinajstić information content (AvgIpc) is 2.70. The molecule has 1 fully saturated rings. The first-order chi connectivity index (χ1) is 12.9. The molecule has 6 heteroatoms. The number of nitrogens with two attached hydrogens (primary N) is 2. The average molecular weight is 564 g/mol. The maximum Gasteiger partial charge on any atom is 4.00 e. The Labute approximate surface area is 180 Å². The SMILES string of the molecule is CC(C(=O)O)c1cccc(C(=O)c2ccccc2)c1.N[C@@H]1CCCC[C@H]1N.[Pt+4]. The predicted molar refractivity (Wildman–Crippen MR) is 107 cm³/mol. The Morgan fingerprint density at radius 3 is 1.96 bits per heavy atom. The number of benzene rings is 2. The molecular formula is C22H28N2O3Pt+4. The molecule has 1 unspecified atom stereocenters. The second-order valence-electron chi connectivity index (χ2n) is 6.99. The maximum atomic E-state index is 12.2. The van der Waals surface area contributed by atoms with Gasteiger partial charge < -0.3 is 16.6 Å². The van der Waals surface area contributed by atoms with E-state index in [9.17, 15) is 9.59 Å². The molecule has 3 atom stereocenters. The summed E-state index contributed by atoms with van der Waals surface area (Å²) in [5, 5.41) is 9.00. The molecule has 0 amide bonds. The molecule has 2 aromatic carbocycles. The van der Waals surface area contributed by atoms with E-state index in [0.29, 0.717) is 16.7 Å². The first-order valence-corrected chi connectivity index (χ1v) is 9.34. The quantitative estimate of drug-likeness (QED) is 0.495. The minimum absolute atomic E-state index is 0. The van der Waals surface area contributed by atoms with E-state index >= 15 is 0 Å². The number of carboxylic acids is 1. The summed E-state index contributed by atoms with van der Waals surface area (Å²) in [7, 11) is 0. The maximum absolute atomic E-state index is 12.2. The number of hydrogen-bond acceptors (Lipinski definition) is 4. The van der Waals surface area contributed by atoms with Crippen LogP contribution in [0.15, 0.2) is 54.6 Å². The van der Waals surface area contributed by atoms with E-state index in [0.717, 1.165) is 12.8 Å². The zero-order chi connectivity index (χ0) is 19.8. The van der Waals surface area contributed by atoms with Crippen molar-refractivity contribution in [3.8, 4) is 0 Å². The van der Waals surface area contributed by atoms with Gasteiger partial charge in [0, 0.05) is 23.2 Å². The molecule has 0 spiro atoms. The monoisotopic (exact) mass is 563 g/mol. The standard InChI is InChI=1S/C16H14O3.C6H14N2.Pt/c1-11(16(18)19)13-8-5-9-14(10-13)15(17)12-6-3-2-4-7-12;7-5-3-1-2-4-6(5)8;/h2-11H,1H3,(H,18,19);5-6H,1-4,7-8H2;/q;;+4/t;5-,6-;/m.1./s1. The van der Waals surface area contributed by atoms with E-state index in [4.69, 9.17) is 16.6 Å². The van der Waals surface area contributed by atoms with E-state index in [1.165, 1.54) is 12.8 Å². The first-order valence-electron chi connectivity index (χ1n) is 9.34. The van der Waals surface area contributed by atoms with Gasteiger partial charge in [-0.25, -0.2) is 0 Å². The van der Waals surface area contributed by atoms with Crippen LogP contribution < -0.4 is 11.5 Å². The van der Waals surface area contributed by atoms with E-state index in [2.05, 4.69) is 0 Å². The number of carboxylic acid groups (broad SMARTS) is 1. The number of rotatable bonds is 4. The third kappa shape index (κ3) is 6.97. The second kappa shape index (κ2) is 11.9. The fourth-order valence-corrected chi connectivity index (χ4v) is 3.04. The molecule has 0 saturated heterocycles. The molecule has 0 heterocycles. The number of carbonyl (C=O) groups is 2. The zero-order valence-electron chi connectivity index (χ0n) is 16.0. The van der Waals surface area contributed by atoms with Crippen LogP contribution in [0, 0.1) is 0 Å². The van der Waals surface area contributed by atoms with Crippen molar-refractivity contribution in [3.63, 3.8) is 0 Å². The second-order valence-corrected chi connectivity index (χ2v) is 6.99. The largest absolute Gasteiger partial charge is 4.00 e. The number of hydrogen-bond donors (Lipinski definition) is 3. The van der Waals surface area contributed by atoms with Gasteiger partial charge in [0.25, 0.3) is 0 Å². The summed E-state index contributed by atoms with van der Waals surface area (Å²) in [5.41, 5.74) is 13.1. The van der Waals surface area contributed by atoms with Gasteiger partial charge in [-0.2, -0.15) is 0 Å². The molecule has 150 valence electrons. The Balaban J connectivity index is 0.000000367. The molecule has 3 rings (SSSR count). The Hall–Kier alpha value is -1.81. The summed E-state index contributed by atoms with van der Waals surface area (Å²) in [4.78, 5) is 23.2. The van der Waals surface area contributed by atoms with Crippen molar-refractivity contribution < 1.29 is 35.8 Å². The van der Waals surface area contributed by atoms with Crippen LogP contribution in [0.1, 0.15) is 60.0 Å². The Morgan fingerprint density at radius 1 is 0.929 bits per heavy atom. The van der Waals surface area contributed by atoms with Crippen molar-refractivity contribution in [2.75, 3.05) is 0 Å². The van der Waals surface area contributed by atoms with E-state index in [1.54, 1.807) is 55.5 Å². The summed E-state index contributed by atoms with van der Waals surface area (Å²) in [5.74, 6) is -1.62. The zero-order valence-corrected chi connectivity index (χ0v) is 18.3. The van der Waals surface area contributed by atoms with Crippen LogP contribution in [0.4, 0.5) is 0 Å². The summed E-state index contributed by atoms with van der Waals surface area (Å²) >= 11 is 0. The van der Waals surface area contributed by atoms with Gasteiger partial charge in [-0.15, -0.1) is 0 Å². The number of aliphatic carboxylic acids is 1. The fourth-order valence-electron chi connectivity index (χ4n) is 3.04. The Kier molecular flexibility index (Phi) is 10.3. The molecule has 28 heavy (non-hydrogen) atoms. The molecule has 0 aromatic heterocycles. The normalized spacial score (nSPS) is 19.4. The molecule has 0 aliphatic heterocycles. The van der Waals surface area contributed by atoms with Gasteiger partial charge in [-0.1, -0.05) is 61.4 Å². The third-order valence-electron chi connectivity index (χ3n) is 4.93. The molecule has 5 nitrogen and oxygen atoms in total. The first kappa shape index (κ1) is 24.2. The van der Waals surface area contributed by atoms with Gasteiger partial charge in [0.1, 0.15) is 0 Å². The van der Waals surface area contributed by atoms with Crippen molar-refractivity contribution in [1.82, 2.24) is 0 Å². The van der Waals surface area contributed by atoms with E-state index in [1.807, 2.05) is 6.07 Å². The van der Waals surface area contributed by atoms with Crippen molar-refractivity contribution in [3.05, 3.63) is 71.3 Å². The minimum atomic E-state index is -0.899. The van der Waals surface area contributed by atoms with Gasteiger partial charge in [0.05, 0.1) is 5.92 Å².